The van der Waals surface area contributed by atoms with Crippen LogP contribution >= 0.6 is 0 Å². The summed E-state index contributed by atoms with van der Waals surface area (Å²) in [5.41, 5.74) is 3.54. The van der Waals surface area contributed by atoms with Gasteiger partial charge in [-0.3, -0.25) is 0 Å². The van der Waals surface area contributed by atoms with Gasteiger partial charge in [-0.1, -0.05) is 12.1 Å². The summed E-state index contributed by atoms with van der Waals surface area (Å²) in [5, 5.41) is 6.86. The molecule has 1 aromatic carbocycles. The molecule has 24 heavy (non-hydrogen) atoms. The van der Waals surface area contributed by atoms with E-state index in [1.807, 2.05) is 18.2 Å². The summed E-state index contributed by atoms with van der Waals surface area (Å²) in [6.07, 6.45) is 3.56. The molecule has 6 heteroatoms. The summed E-state index contributed by atoms with van der Waals surface area (Å²) in [7, 11) is 1.67. The Morgan fingerprint density at radius 3 is 3.00 bits per heavy atom. The van der Waals surface area contributed by atoms with Crippen molar-refractivity contribution in [2.45, 2.75) is 19.4 Å². The molecule has 0 saturated heterocycles. The van der Waals surface area contributed by atoms with Crippen LogP contribution in [0.3, 0.4) is 0 Å². The minimum atomic E-state index is 0.555. The van der Waals surface area contributed by atoms with Crippen LogP contribution in [0.2, 0.25) is 0 Å². The van der Waals surface area contributed by atoms with Crippen LogP contribution in [-0.2, 0) is 24.1 Å². The van der Waals surface area contributed by atoms with Crippen molar-refractivity contribution in [3.63, 3.8) is 0 Å². The maximum absolute atomic E-state index is 5.66. The number of ether oxygens (including phenoxy) is 2. The van der Waals surface area contributed by atoms with Crippen molar-refractivity contribution in [2.75, 3.05) is 38.7 Å². The molecule has 0 spiro atoms. The van der Waals surface area contributed by atoms with Gasteiger partial charge in [-0.2, -0.15) is 0 Å². The molecule has 0 aliphatic carbocycles. The van der Waals surface area contributed by atoms with Gasteiger partial charge in [-0.25, -0.2) is 9.97 Å². The number of anilines is 1. The number of methoxy groups -OCH3 is 1. The number of hydrogen-bond donors (Lipinski definition) is 2. The van der Waals surface area contributed by atoms with Crippen LogP contribution in [0.4, 0.5) is 5.82 Å². The van der Waals surface area contributed by atoms with E-state index >= 15 is 0 Å². The Morgan fingerprint density at radius 2 is 2.08 bits per heavy atom. The van der Waals surface area contributed by atoms with Gasteiger partial charge in [0.2, 0.25) is 0 Å². The molecular formula is C18H24N4O2. The van der Waals surface area contributed by atoms with Crippen LogP contribution < -0.4 is 15.4 Å². The highest BCUT2D eigenvalue weighted by Crippen LogP contribution is 2.20. The second-order valence-corrected chi connectivity index (χ2v) is 5.74. The Kier molecular flexibility index (Phi) is 5.98. The van der Waals surface area contributed by atoms with E-state index in [9.17, 15) is 0 Å². The standard InChI is InChI=1S/C18H24N4O2/c1-23-9-10-24-15-4-2-3-14(11-15)12-20-18-16-5-7-19-8-6-17(16)21-13-22-18/h2-4,11,13,19H,5-10,12H2,1H3,(H,20,21,22). The molecule has 0 atom stereocenters. The van der Waals surface area contributed by atoms with Crippen molar-refractivity contribution in [3.8, 4) is 5.75 Å². The predicted octanol–water partition coefficient (Wildman–Crippen LogP) is 1.80. The minimum absolute atomic E-state index is 0.555. The number of aromatic nitrogens is 2. The number of nitrogens with one attached hydrogen (secondary N) is 2. The fraction of sp³-hybridized carbons (Fsp3) is 0.444. The van der Waals surface area contributed by atoms with E-state index in [-0.39, 0.29) is 0 Å². The SMILES string of the molecule is COCCOc1cccc(CNc2ncnc3c2CCNCC3)c1. The van der Waals surface area contributed by atoms with Gasteiger partial charge in [0.1, 0.15) is 24.5 Å². The number of rotatable bonds is 7. The zero-order chi connectivity index (χ0) is 16.6. The first-order valence-corrected chi connectivity index (χ1v) is 8.35. The van der Waals surface area contributed by atoms with Crippen molar-refractivity contribution < 1.29 is 9.47 Å². The van der Waals surface area contributed by atoms with Crippen LogP contribution in [0.1, 0.15) is 16.8 Å². The maximum atomic E-state index is 5.66. The molecular weight excluding hydrogens is 304 g/mol. The second kappa shape index (κ2) is 8.61. The summed E-state index contributed by atoms with van der Waals surface area (Å²) in [6, 6.07) is 8.09. The van der Waals surface area contributed by atoms with Crippen molar-refractivity contribution in [2.24, 2.45) is 0 Å². The van der Waals surface area contributed by atoms with Gasteiger partial charge in [-0.15, -0.1) is 0 Å². The van der Waals surface area contributed by atoms with Gasteiger partial charge in [-0.05, 0) is 30.7 Å². The van der Waals surface area contributed by atoms with E-state index < -0.39 is 0 Å². The molecule has 0 unspecified atom stereocenters. The molecule has 0 saturated carbocycles. The molecule has 128 valence electrons. The van der Waals surface area contributed by atoms with Crippen molar-refractivity contribution in [1.82, 2.24) is 15.3 Å². The number of hydrogen-bond acceptors (Lipinski definition) is 6. The number of nitrogens with zero attached hydrogens (tertiary/aromatic N) is 2. The highest BCUT2D eigenvalue weighted by atomic mass is 16.5. The minimum Gasteiger partial charge on any atom is -0.491 e. The lowest BCUT2D eigenvalue weighted by atomic mass is 10.1. The van der Waals surface area contributed by atoms with Gasteiger partial charge in [0.15, 0.2) is 0 Å². The first kappa shape index (κ1) is 16.7. The van der Waals surface area contributed by atoms with Crippen molar-refractivity contribution >= 4 is 5.82 Å². The van der Waals surface area contributed by atoms with Gasteiger partial charge in [0, 0.05) is 32.2 Å². The summed E-state index contributed by atoms with van der Waals surface area (Å²) in [4.78, 5) is 8.86. The quantitative estimate of drug-likeness (QED) is 0.756. The number of fused-ring (bicyclic) bond motifs is 1. The first-order valence-electron chi connectivity index (χ1n) is 8.35. The lowest BCUT2D eigenvalue weighted by Crippen LogP contribution is -2.16. The smallest absolute Gasteiger partial charge is 0.133 e. The normalized spacial score (nSPS) is 13.9. The van der Waals surface area contributed by atoms with Gasteiger partial charge in [0.05, 0.1) is 12.3 Å². The Labute approximate surface area is 142 Å². The lowest BCUT2D eigenvalue weighted by Gasteiger charge is -2.13. The molecule has 1 aliphatic rings. The molecule has 0 fully saturated rings. The van der Waals surface area contributed by atoms with E-state index in [0.29, 0.717) is 19.8 Å². The third-order valence-corrected chi connectivity index (χ3v) is 4.04. The van der Waals surface area contributed by atoms with E-state index in [1.54, 1.807) is 13.4 Å². The molecule has 2 heterocycles. The fourth-order valence-electron chi connectivity index (χ4n) is 2.80. The zero-order valence-corrected chi connectivity index (χ0v) is 14.0. The Balaban J connectivity index is 1.65. The number of benzene rings is 1. The molecule has 1 aromatic heterocycles. The average molecular weight is 328 g/mol. The zero-order valence-electron chi connectivity index (χ0n) is 14.0. The summed E-state index contributed by atoms with van der Waals surface area (Å²) in [6.45, 7) is 3.80. The molecule has 2 N–H and O–H groups in total. The molecule has 1 aliphatic heterocycles. The fourth-order valence-corrected chi connectivity index (χ4v) is 2.80. The molecule has 0 bridgehead atoms. The topological polar surface area (TPSA) is 68.3 Å². The Hall–Kier alpha value is -2.18. The van der Waals surface area contributed by atoms with E-state index in [4.69, 9.17) is 9.47 Å². The molecule has 6 nitrogen and oxygen atoms in total. The average Bonchev–Trinajstić information content (AvgIpc) is 2.86. The van der Waals surface area contributed by atoms with Gasteiger partial charge >= 0.3 is 0 Å². The largest absolute Gasteiger partial charge is 0.491 e. The van der Waals surface area contributed by atoms with Crippen LogP contribution in [-0.4, -0.2) is 43.4 Å². The monoisotopic (exact) mass is 328 g/mol. The van der Waals surface area contributed by atoms with Gasteiger partial charge in [0.25, 0.3) is 0 Å². The predicted molar refractivity (Wildman–Crippen MR) is 93.4 cm³/mol. The lowest BCUT2D eigenvalue weighted by molar-refractivity contribution is 0.146. The third-order valence-electron chi connectivity index (χ3n) is 4.04. The van der Waals surface area contributed by atoms with Crippen LogP contribution in [0, 0.1) is 0 Å². The van der Waals surface area contributed by atoms with E-state index in [2.05, 4.69) is 26.7 Å². The van der Waals surface area contributed by atoms with Crippen LogP contribution in [0.5, 0.6) is 5.75 Å². The summed E-state index contributed by atoms with van der Waals surface area (Å²) in [5.74, 6) is 1.80. The Bertz CT molecular complexity index is 663. The van der Waals surface area contributed by atoms with Crippen molar-refractivity contribution in [3.05, 3.63) is 47.4 Å². The maximum Gasteiger partial charge on any atom is 0.133 e. The summed E-state index contributed by atoms with van der Waals surface area (Å²) < 4.78 is 10.7. The van der Waals surface area contributed by atoms with Crippen LogP contribution in [0.25, 0.3) is 0 Å². The summed E-state index contributed by atoms with van der Waals surface area (Å²) >= 11 is 0. The van der Waals surface area contributed by atoms with Crippen LogP contribution in [0.15, 0.2) is 30.6 Å². The van der Waals surface area contributed by atoms with Crippen molar-refractivity contribution in [1.29, 1.82) is 0 Å². The Morgan fingerprint density at radius 1 is 1.17 bits per heavy atom. The van der Waals surface area contributed by atoms with Gasteiger partial charge < -0.3 is 20.1 Å². The molecule has 0 radical (unpaired) electrons. The van der Waals surface area contributed by atoms with E-state index in [0.717, 1.165) is 48.8 Å². The molecule has 0 amide bonds. The highest BCUT2D eigenvalue weighted by molar-refractivity contribution is 5.47. The van der Waals surface area contributed by atoms with E-state index in [1.165, 1.54) is 5.56 Å². The molecule has 3 rings (SSSR count). The first-order chi connectivity index (χ1) is 11.9. The third kappa shape index (κ3) is 4.43. The molecule has 2 aromatic rings. The second-order valence-electron chi connectivity index (χ2n) is 5.74. The highest BCUT2D eigenvalue weighted by Gasteiger charge is 2.13.